The van der Waals surface area contributed by atoms with Gasteiger partial charge in [0.05, 0.1) is 5.92 Å². The third-order valence-electron chi connectivity index (χ3n) is 6.09. The molecule has 0 fully saturated rings. The maximum atomic E-state index is 13.8. The normalized spacial score (nSPS) is 12.8. The van der Waals surface area contributed by atoms with E-state index < -0.39 is 0 Å². The summed E-state index contributed by atoms with van der Waals surface area (Å²) in [6.07, 6.45) is 2.11. The van der Waals surface area contributed by atoms with E-state index in [1.807, 2.05) is 81.4 Å². The molecule has 0 unspecified atom stereocenters. The molecular formula is C28H41N3O2. The highest BCUT2D eigenvalue weighted by Gasteiger charge is 2.28. The van der Waals surface area contributed by atoms with Crippen LogP contribution in [0.15, 0.2) is 48.5 Å². The molecule has 0 spiro atoms. The molecule has 180 valence electrons. The van der Waals surface area contributed by atoms with Gasteiger partial charge < -0.3 is 15.1 Å². The van der Waals surface area contributed by atoms with Crippen LogP contribution in [0.3, 0.4) is 0 Å². The minimum atomic E-state index is -0.170. The number of nitrogens with one attached hydrogen (secondary N) is 1. The van der Waals surface area contributed by atoms with E-state index in [1.165, 1.54) is 0 Å². The smallest absolute Gasteiger partial charge is 0.230 e. The molecule has 0 radical (unpaired) electrons. The Kier molecular flexibility index (Phi) is 9.95. The van der Waals surface area contributed by atoms with Crippen LogP contribution >= 0.6 is 0 Å². The summed E-state index contributed by atoms with van der Waals surface area (Å²) in [7, 11) is 4.01. The highest BCUT2D eigenvalue weighted by atomic mass is 16.2. The van der Waals surface area contributed by atoms with Crippen molar-refractivity contribution in [1.29, 1.82) is 0 Å². The largest absolute Gasteiger partial charge is 0.377 e. The van der Waals surface area contributed by atoms with Gasteiger partial charge in [-0.25, -0.2) is 0 Å². The molecule has 2 amide bonds. The minimum Gasteiger partial charge on any atom is -0.377 e. The van der Waals surface area contributed by atoms with Crippen LogP contribution in [0, 0.1) is 5.92 Å². The quantitative estimate of drug-likeness (QED) is 0.452. The fraction of sp³-hybridized carbons (Fsp3) is 0.500. The second-order valence-corrected chi connectivity index (χ2v) is 9.48. The maximum Gasteiger partial charge on any atom is 0.230 e. The SMILES string of the molecule is CC[C@H](C(=O)N(Cc1cc(NC(=O)CC(C)C)ccc1N(C)C)[C@@H](C)CC)c1ccccc1. The Morgan fingerprint density at radius 1 is 0.939 bits per heavy atom. The molecule has 0 aliphatic rings. The van der Waals surface area contributed by atoms with Gasteiger partial charge in [-0.3, -0.25) is 9.59 Å². The van der Waals surface area contributed by atoms with Gasteiger partial charge in [-0.15, -0.1) is 0 Å². The van der Waals surface area contributed by atoms with Crippen LogP contribution in [0.1, 0.15) is 70.9 Å². The Morgan fingerprint density at radius 3 is 2.15 bits per heavy atom. The van der Waals surface area contributed by atoms with Crippen molar-refractivity contribution in [3.8, 4) is 0 Å². The van der Waals surface area contributed by atoms with Crippen molar-refractivity contribution in [2.75, 3.05) is 24.3 Å². The van der Waals surface area contributed by atoms with Gasteiger partial charge in [-0.2, -0.15) is 0 Å². The van der Waals surface area contributed by atoms with E-state index in [2.05, 4.69) is 31.0 Å². The van der Waals surface area contributed by atoms with E-state index in [0.717, 1.165) is 35.3 Å². The highest BCUT2D eigenvalue weighted by Crippen LogP contribution is 2.29. The minimum absolute atomic E-state index is 0.0125. The zero-order valence-corrected chi connectivity index (χ0v) is 21.4. The highest BCUT2D eigenvalue weighted by molar-refractivity contribution is 5.91. The van der Waals surface area contributed by atoms with Gasteiger partial charge in [0.2, 0.25) is 11.8 Å². The van der Waals surface area contributed by atoms with Crippen LogP contribution in [-0.2, 0) is 16.1 Å². The number of amides is 2. The Balaban J connectivity index is 2.39. The fourth-order valence-electron chi connectivity index (χ4n) is 4.10. The predicted octanol–water partition coefficient (Wildman–Crippen LogP) is 6.06. The summed E-state index contributed by atoms with van der Waals surface area (Å²) in [5.41, 5.74) is 3.90. The van der Waals surface area contributed by atoms with Gasteiger partial charge in [0.1, 0.15) is 0 Å². The first kappa shape index (κ1) is 26.4. The van der Waals surface area contributed by atoms with Crippen molar-refractivity contribution >= 4 is 23.2 Å². The lowest BCUT2D eigenvalue weighted by Crippen LogP contribution is -2.41. The van der Waals surface area contributed by atoms with Crippen LogP contribution in [0.4, 0.5) is 11.4 Å². The molecule has 5 nitrogen and oxygen atoms in total. The maximum absolute atomic E-state index is 13.8. The third kappa shape index (κ3) is 7.34. The summed E-state index contributed by atoms with van der Waals surface area (Å²) in [4.78, 5) is 30.2. The van der Waals surface area contributed by atoms with E-state index >= 15 is 0 Å². The van der Waals surface area contributed by atoms with Gasteiger partial charge in [0, 0.05) is 44.5 Å². The van der Waals surface area contributed by atoms with Gasteiger partial charge in [0.25, 0.3) is 0 Å². The number of carbonyl (C=O) groups excluding carboxylic acids is 2. The Labute approximate surface area is 200 Å². The average Bonchev–Trinajstić information content (AvgIpc) is 2.77. The van der Waals surface area contributed by atoms with E-state index in [-0.39, 0.29) is 23.8 Å². The van der Waals surface area contributed by atoms with Crippen molar-refractivity contribution in [2.45, 2.75) is 72.4 Å². The number of rotatable bonds is 11. The Hall–Kier alpha value is -2.82. The number of nitrogens with zero attached hydrogens (tertiary/aromatic N) is 2. The Morgan fingerprint density at radius 2 is 1.61 bits per heavy atom. The number of carbonyl (C=O) groups is 2. The number of benzene rings is 2. The van der Waals surface area contributed by atoms with Crippen LogP contribution < -0.4 is 10.2 Å². The summed E-state index contributed by atoms with van der Waals surface area (Å²) >= 11 is 0. The van der Waals surface area contributed by atoms with Crippen molar-refractivity contribution in [1.82, 2.24) is 4.90 Å². The molecule has 1 N–H and O–H groups in total. The zero-order valence-electron chi connectivity index (χ0n) is 21.4. The summed E-state index contributed by atoms with van der Waals surface area (Å²) in [6, 6.07) is 16.1. The molecule has 33 heavy (non-hydrogen) atoms. The van der Waals surface area contributed by atoms with Crippen LogP contribution in [0.2, 0.25) is 0 Å². The molecular weight excluding hydrogens is 410 g/mol. The van der Waals surface area contributed by atoms with Crippen molar-refractivity contribution in [3.63, 3.8) is 0 Å². The lowest BCUT2D eigenvalue weighted by Gasteiger charge is -2.33. The van der Waals surface area contributed by atoms with Crippen molar-refractivity contribution in [3.05, 3.63) is 59.7 Å². The summed E-state index contributed by atoms with van der Waals surface area (Å²) < 4.78 is 0. The first-order valence-electron chi connectivity index (χ1n) is 12.1. The van der Waals surface area contributed by atoms with Gasteiger partial charge >= 0.3 is 0 Å². The summed E-state index contributed by atoms with van der Waals surface area (Å²) in [5.74, 6) is 0.292. The Bertz CT molecular complexity index is 909. The first-order valence-corrected chi connectivity index (χ1v) is 12.1. The molecule has 5 heteroatoms. The molecule has 0 aliphatic heterocycles. The van der Waals surface area contributed by atoms with Crippen molar-refractivity contribution < 1.29 is 9.59 Å². The summed E-state index contributed by atoms with van der Waals surface area (Å²) in [5, 5.41) is 3.02. The monoisotopic (exact) mass is 451 g/mol. The molecule has 0 heterocycles. The van der Waals surface area contributed by atoms with Crippen molar-refractivity contribution in [2.24, 2.45) is 5.92 Å². The van der Waals surface area contributed by atoms with Gasteiger partial charge in [0.15, 0.2) is 0 Å². The first-order chi connectivity index (χ1) is 15.7. The predicted molar refractivity (Wildman–Crippen MR) is 139 cm³/mol. The van der Waals surface area contributed by atoms with Crippen LogP contribution in [0.5, 0.6) is 0 Å². The third-order valence-corrected chi connectivity index (χ3v) is 6.09. The fourth-order valence-corrected chi connectivity index (χ4v) is 4.10. The zero-order chi connectivity index (χ0) is 24.5. The number of hydrogen-bond acceptors (Lipinski definition) is 3. The van der Waals surface area contributed by atoms with E-state index in [4.69, 9.17) is 0 Å². The average molecular weight is 452 g/mol. The van der Waals surface area contributed by atoms with E-state index in [9.17, 15) is 9.59 Å². The van der Waals surface area contributed by atoms with Crippen LogP contribution in [-0.4, -0.2) is 36.9 Å². The summed E-state index contributed by atoms with van der Waals surface area (Å²) in [6.45, 7) is 10.9. The lowest BCUT2D eigenvalue weighted by molar-refractivity contribution is -0.135. The lowest BCUT2D eigenvalue weighted by atomic mass is 9.94. The van der Waals surface area contributed by atoms with E-state index in [1.54, 1.807) is 0 Å². The van der Waals surface area contributed by atoms with E-state index in [0.29, 0.717) is 18.9 Å². The molecule has 2 rings (SSSR count). The second kappa shape index (κ2) is 12.4. The molecule has 2 aromatic rings. The van der Waals surface area contributed by atoms with Gasteiger partial charge in [-0.05, 0) is 55.0 Å². The topological polar surface area (TPSA) is 52.7 Å². The van der Waals surface area contributed by atoms with Crippen LogP contribution in [0.25, 0.3) is 0 Å². The molecule has 2 atom stereocenters. The molecule has 0 bridgehead atoms. The molecule has 0 saturated carbocycles. The molecule has 0 aromatic heterocycles. The number of hydrogen-bond donors (Lipinski definition) is 1. The second-order valence-electron chi connectivity index (χ2n) is 9.48. The molecule has 2 aromatic carbocycles. The number of anilines is 2. The molecule has 0 saturated heterocycles. The molecule has 0 aliphatic carbocycles. The standard InChI is InChI=1S/C28H41N3O2/c1-8-21(5)31(28(33)25(9-2)22-13-11-10-12-14-22)19-23-18-24(15-16-26(23)30(6)7)29-27(32)17-20(3)4/h10-16,18,20-21,25H,8-9,17,19H2,1-7H3,(H,29,32)/t21-,25-/m0/s1. The van der Waals surface area contributed by atoms with Gasteiger partial charge in [-0.1, -0.05) is 58.0 Å².